The first kappa shape index (κ1) is 24.1. The average Bonchev–Trinajstić information content (AvgIpc) is 3.24. The third-order valence-corrected chi connectivity index (χ3v) is 6.32. The van der Waals surface area contributed by atoms with E-state index in [0.717, 1.165) is 22.6 Å². The first-order valence-electron chi connectivity index (χ1n) is 11.7. The fourth-order valence-electron chi connectivity index (χ4n) is 4.59. The van der Waals surface area contributed by atoms with Crippen molar-refractivity contribution >= 4 is 29.1 Å². The third kappa shape index (κ3) is 4.76. The molecule has 0 aliphatic carbocycles. The molecule has 1 unspecified atom stereocenters. The number of fused-ring (bicyclic) bond motifs is 3. The summed E-state index contributed by atoms with van der Waals surface area (Å²) < 4.78 is 2.12. The van der Waals surface area contributed by atoms with Crippen molar-refractivity contribution in [1.82, 2.24) is 9.47 Å². The Kier molecular flexibility index (Phi) is 6.59. The molecule has 178 valence electrons. The number of carbonyl (C=O) groups is 2. The second-order valence-corrected chi connectivity index (χ2v) is 10.8. The van der Waals surface area contributed by atoms with E-state index in [1.165, 1.54) is 0 Å². The van der Waals surface area contributed by atoms with Crippen LogP contribution in [0.2, 0.25) is 5.02 Å². The van der Waals surface area contributed by atoms with Gasteiger partial charge in [0.1, 0.15) is 12.6 Å². The zero-order valence-electron chi connectivity index (χ0n) is 20.5. The van der Waals surface area contributed by atoms with Gasteiger partial charge in [0.15, 0.2) is 0 Å². The monoisotopic (exact) mass is 477 g/mol. The number of benzene rings is 2. The second-order valence-electron chi connectivity index (χ2n) is 10.4. The summed E-state index contributed by atoms with van der Waals surface area (Å²) in [6.07, 6.45) is 2.40. The standard InChI is InChI=1S/C28H32ClN3O2/c1-19(2)31(25(33)17-28(3,4)5)18-26(34)32-23-13-7-6-12-22(23)30-15-9-14-24(30)27(32)20-10-8-11-21(29)16-20/h6-16,19,27H,17-18H2,1-5H3. The van der Waals surface area contributed by atoms with Crippen LogP contribution in [0.3, 0.4) is 0 Å². The molecular weight excluding hydrogens is 446 g/mol. The van der Waals surface area contributed by atoms with E-state index in [9.17, 15) is 9.59 Å². The molecule has 0 fully saturated rings. The summed E-state index contributed by atoms with van der Waals surface area (Å²) in [5.74, 6) is -0.135. The van der Waals surface area contributed by atoms with Crippen LogP contribution in [0.4, 0.5) is 5.69 Å². The van der Waals surface area contributed by atoms with Crippen LogP contribution in [-0.4, -0.2) is 33.9 Å². The molecular formula is C28H32ClN3O2. The molecule has 2 heterocycles. The summed E-state index contributed by atoms with van der Waals surface area (Å²) in [4.78, 5) is 30.7. The van der Waals surface area contributed by atoms with E-state index in [-0.39, 0.29) is 35.9 Å². The Hall–Kier alpha value is -3.05. The highest BCUT2D eigenvalue weighted by Gasteiger charge is 2.37. The number of hydrogen-bond acceptors (Lipinski definition) is 2. The SMILES string of the molecule is CC(C)N(CC(=O)N1c2ccccc2-n2cccc2C1c1cccc(Cl)c1)C(=O)CC(C)(C)C. The smallest absolute Gasteiger partial charge is 0.247 e. The Bertz CT molecular complexity index is 1210. The molecule has 2 aromatic carbocycles. The largest absolute Gasteiger partial charge is 0.331 e. The number of halogens is 1. The lowest BCUT2D eigenvalue weighted by atomic mass is 9.91. The summed E-state index contributed by atoms with van der Waals surface area (Å²) in [6.45, 7) is 10.0. The van der Waals surface area contributed by atoms with Gasteiger partial charge < -0.3 is 9.47 Å². The van der Waals surface area contributed by atoms with Gasteiger partial charge in [-0.3, -0.25) is 14.5 Å². The highest BCUT2D eigenvalue weighted by molar-refractivity contribution is 6.30. The number of nitrogens with zero attached hydrogens (tertiary/aromatic N) is 3. The summed E-state index contributed by atoms with van der Waals surface area (Å²) in [5, 5.41) is 0.617. The fourth-order valence-corrected chi connectivity index (χ4v) is 4.79. The molecule has 34 heavy (non-hydrogen) atoms. The van der Waals surface area contributed by atoms with E-state index < -0.39 is 0 Å². The van der Waals surface area contributed by atoms with Crippen LogP contribution in [0.15, 0.2) is 66.9 Å². The Morgan fingerprint density at radius 2 is 1.71 bits per heavy atom. The Morgan fingerprint density at radius 1 is 1.00 bits per heavy atom. The van der Waals surface area contributed by atoms with Crippen LogP contribution in [0.1, 0.15) is 58.3 Å². The molecule has 0 N–H and O–H groups in total. The third-order valence-electron chi connectivity index (χ3n) is 6.08. The Labute approximate surface area is 206 Å². The van der Waals surface area contributed by atoms with E-state index in [2.05, 4.69) is 4.57 Å². The van der Waals surface area contributed by atoms with Gasteiger partial charge in [0.2, 0.25) is 11.8 Å². The maximum atomic E-state index is 14.0. The number of amides is 2. The summed E-state index contributed by atoms with van der Waals surface area (Å²) in [7, 11) is 0. The number of anilines is 1. The van der Waals surface area contributed by atoms with Crippen molar-refractivity contribution in [3.8, 4) is 5.69 Å². The van der Waals surface area contributed by atoms with Crippen LogP contribution >= 0.6 is 11.6 Å². The predicted octanol–water partition coefficient (Wildman–Crippen LogP) is 6.24. The molecule has 0 saturated heterocycles. The van der Waals surface area contributed by atoms with Gasteiger partial charge >= 0.3 is 0 Å². The molecule has 0 bridgehead atoms. The highest BCUT2D eigenvalue weighted by atomic mass is 35.5. The lowest BCUT2D eigenvalue weighted by Gasteiger charge is -2.40. The van der Waals surface area contributed by atoms with Gasteiger partial charge in [-0.05, 0) is 61.2 Å². The number of para-hydroxylation sites is 2. The molecule has 0 spiro atoms. The van der Waals surface area contributed by atoms with Gasteiger partial charge in [-0.15, -0.1) is 0 Å². The van der Waals surface area contributed by atoms with E-state index in [1.54, 1.807) is 4.90 Å². The lowest BCUT2D eigenvalue weighted by molar-refractivity contribution is -0.138. The topological polar surface area (TPSA) is 45.6 Å². The Balaban J connectivity index is 1.78. The van der Waals surface area contributed by atoms with Crippen molar-refractivity contribution in [2.24, 2.45) is 5.41 Å². The van der Waals surface area contributed by atoms with E-state index in [1.807, 2.05) is 106 Å². The molecule has 1 aliphatic heterocycles. The fraction of sp³-hybridized carbons (Fsp3) is 0.357. The zero-order chi connectivity index (χ0) is 24.6. The number of rotatable bonds is 5. The molecule has 1 aliphatic rings. The van der Waals surface area contributed by atoms with Crippen LogP contribution in [0, 0.1) is 5.41 Å². The quantitative estimate of drug-likeness (QED) is 0.436. The van der Waals surface area contributed by atoms with Crippen molar-refractivity contribution in [1.29, 1.82) is 0 Å². The zero-order valence-corrected chi connectivity index (χ0v) is 21.2. The minimum atomic E-state index is -0.358. The molecule has 5 nitrogen and oxygen atoms in total. The van der Waals surface area contributed by atoms with Crippen LogP contribution in [-0.2, 0) is 9.59 Å². The van der Waals surface area contributed by atoms with Crippen molar-refractivity contribution in [3.63, 3.8) is 0 Å². The number of hydrogen-bond donors (Lipinski definition) is 0. The maximum Gasteiger partial charge on any atom is 0.247 e. The van der Waals surface area contributed by atoms with Gasteiger partial charge in [-0.2, -0.15) is 0 Å². The van der Waals surface area contributed by atoms with Crippen molar-refractivity contribution in [2.45, 2.75) is 53.1 Å². The number of aromatic nitrogens is 1. The van der Waals surface area contributed by atoms with E-state index in [4.69, 9.17) is 11.6 Å². The van der Waals surface area contributed by atoms with E-state index in [0.29, 0.717) is 11.4 Å². The normalized spacial score (nSPS) is 15.1. The minimum absolute atomic E-state index is 0.0103. The summed E-state index contributed by atoms with van der Waals surface area (Å²) >= 11 is 6.36. The summed E-state index contributed by atoms with van der Waals surface area (Å²) in [5.41, 5.74) is 3.49. The molecule has 2 amide bonds. The average molecular weight is 478 g/mol. The predicted molar refractivity (Wildman–Crippen MR) is 137 cm³/mol. The van der Waals surface area contributed by atoms with Gasteiger partial charge in [-0.1, -0.05) is 56.6 Å². The highest BCUT2D eigenvalue weighted by Crippen LogP contribution is 2.42. The molecule has 3 aromatic rings. The molecule has 0 saturated carbocycles. The Morgan fingerprint density at radius 3 is 2.35 bits per heavy atom. The lowest BCUT2D eigenvalue weighted by Crippen LogP contribution is -2.49. The molecule has 1 aromatic heterocycles. The maximum absolute atomic E-state index is 14.0. The van der Waals surface area contributed by atoms with Gasteiger partial charge in [0.05, 0.1) is 17.1 Å². The van der Waals surface area contributed by atoms with Gasteiger partial charge in [0, 0.05) is 23.7 Å². The number of carbonyl (C=O) groups excluding carboxylic acids is 2. The van der Waals surface area contributed by atoms with Crippen molar-refractivity contribution in [2.75, 3.05) is 11.4 Å². The van der Waals surface area contributed by atoms with Crippen LogP contribution in [0.5, 0.6) is 0 Å². The first-order valence-corrected chi connectivity index (χ1v) is 12.1. The molecule has 0 radical (unpaired) electrons. The minimum Gasteiger partial charge on any atom is -0.331 e. The van der Waals surface area contributed by atoms with Crippen molar-refractivity contribution in [3.05, 3.63) is 83.1 Å². The van der Waals surface area contributed by atoms with Crippen LogP contribution < -0.4 is 4.90 Å². The molecule has 1 atom stereocenters. The van der Waals surface area contributed by atoms with Crippen LogP contribution in [0.25, 0.3) is 5.69 Å². The second kappa shape index (κ2) is 9.30. The first-order chi connectivity index (χ1) is 16.1. The van der Waals surface area contributed by atoms with Gasteiger partial charge in [0.25, 0.3) is 0 Å². The van der Waals surface area contributed by atoms with E-state index >= 15 is 0 Å². The van der Waals surface area contributed by atoms with Gasteiger partial charge in [-0.25, -0.2) is 0 Å². The molecule has 6 heteroatoms. The summed E-state index contributed by atoms with van der Waals surface area (Å²) in [6, 6.07) is 19.1. The molecule has 4 rings (SSSR count). The van der Waals surface area contributed by atoms with Crippen molar-refractivity contribution < 1.29 is 9.59 Å².